The van der Waals surface area contributed by atoms with Crippen molar-refractivity contribution in [2.45, 2.75) is 26.2 Å². The standard InChI is InChI=1S/C22H26N2O3/c1-2-24(19-11-5-8-16-7-3-4-10-18(16)19)20(25)14-23-13-17-9-6-12-22(17,15-23)21(26)27/h3-5,7-8,10-11,17H,2,6,9,12-15H2,1H3,(H,26,27)/t17-,22+/m0/s1. The van der Waals surface area contributed by atoms with Crippen LogP contribution in [-0.4, -0.2) is 48.1 Å². The molecule has 0 bridgehead atoms. The van der Waals surface area contributed by atoms with Crippen LogP contribution in [-0.2, 0) is 9.59 Å². The molecule has 1 aliphatic heterocycles. The molecule has 142 valence electrons. The van der Waals surface area contributed by atoms with Crippen LogP contribution in [0.5, 0.6) is 0 Å². The molecule has 1 saturated heterocycles. The van der Waals surface area contributed by atoms with Crippen molar-refractivity contribution in [1.82, 2.24) is 4.90 Å². The first kappa shape index (κ1) is 18.0. The minimum Gasteiger partial charge on any atom is -0.481 e. The fraction of sp³-hybridized carbons (Fsp3) is 0.455. The van der Waals surface area contributed by atoms with Gasteiger partial charge in [0.25, 0.3) is 0 Å². The van der Waals surface area contributed by atoms with Gasteiger partial charge in [-0.15, -0.1) is 0 Å². The first-order valence-electron chi connectivity index (χ1n) is 9.79. The molecule has 4 rings (SSSR count). The number of likely N-dealkylation sites (N-methyl/N-ethyl adjacent to an activating group) is 1. The average molecular weight is 366 g/mol. The second kappa shape index (κ2) is 6.97. The topological polar surface area (TPSA) is 60.9 Å². The molecule has 2 aromatic rings. The molecule has 27 heavy (non-hydrogen) atoms. The molecule has 1 N–H and O–H groups in total. The molecule has 5 heteroatoms. The van der Waals surface area contributed by atoms with E-state index in [1.54, 1.807) is 0 Å². The molecule has 1 saturated carbocycles. The van der Waals surface area contributed by atoms with Gasteiger partial charge in [-0.25, -0.2) is 0 Å². The fourth-order valence-corrected chi connectivity index (χ4v) is 5.06. The molecule has 1 heterocycles. The van der Waals surface area contributed by atoms with Crippen molar-refractivity contribution in [2.75, 3.05) is 31.1 Å². The fourth-order valence-electron chi connectivity index (χ4n) is 5.06. The van der Waals surface area contributed by atoms with Gasteiger partial charge in [0.05, 0.1) is 17.6 Å². The number of fused-ring (bicyclic) bond motifs is 2. The number of hydrogen-bond acceptors (Lipinski definition) is 3. The molecule has 1 amide bonds. The summed E-state index contributed by atoms with van der Waals surface area (Å²) in [6, 6.07) is 14.1. The Morgan fingerprint density at radius 3 is 2.74 bits per heavy atom. The Morgan fingerprint density at radius 1 is 1.22 bits per heavy atom. The lowest BCUT2D eigenvalue weighted by molar-refractivity contribution is -0.149. The number of amides is 1. The zero-order valence-electron chi connectivity index (χ0n) is 15.7. The summed E-state index contributed by atoms with van der Waals surface area (Å²) in [6.45, 7) is 4.06. The predicted molar refractivity (Wildman–Crippen MR) is 106 cm³/mol. The van der Waals surface area contributed by atoms with Gasteiger partial charge in [0.2, 0.25) is 5.91 Å². The second-order valence-electron chi connectivity index (χ2n) is 7.86. The van der Waals surface area contributed by atoms with Crippen molar-refractivity contribution in [3.05, 3.63) is 42.5 Å². The molecule has 1 aliphatic carbocycles. The summed E-state index contributed by atoms with van der Waals surface area (Å²) >= 11 is 0. The first-order valence-corrected chi connectivity index (χ1v) is 9.79. The van der Waals surface area contributed by atoms with Crippen LogP contribution in [0.2, 0.25) is 0 Å². The molecule has 2 aliphatic rings. The van der Waals surface area contributed by atoms with Gasteiger partial charge in [0.15, 0.2) is 0 Å². The van der Waals surface area contributed by atoms with Crippen molar-refractivity contribution >= 4 is 28.3 Å². The second-order valence-corrected chi connectivity index (χ2v) is 7.86. The van der Waals surface area contributed by atoms with E-state index in [0.29, 0.717) is 19.6 Å². The van der Waals surface area contributed by atoms with Crippen molar-refractivity contribution in [3.8, 4) is 0 Å². The number of rotatable bonds is 5. The molecule has 2 fully saturated rings. The van der Waals surface area contributed by atoms with Crippen LogP contribution >= 0.6 is 0 Å². The lowest BCUT2D eigenvalue weighted by atomic mass is 9.81. The minimum atomic E-state index is -0.693. The summed E-state index contributed by atoms with van der Waals surface area (Å²) < 4.78 is 0. The summed E-state index contributed by atoms with van der Waals surface area (Å²) in [7, 11) is 0. The summed E-state index contributed by atoms with van der Waals surface area (Å²) in [4.78, 5) is 28.9. The Hall–Kier alpha value is -2.40. The Kier molecular flexibility index (Phi) is 4.64. The molecule has 5 nitrogen and oxygen atoms in total. The van der Waals surface area contributed by atoms with Crippen LogP contribution < -0.4 is 4.90 Å². The van der Waals surface area contributed by atoms with Gasteiger partial charge >= 0.3 is 5.97 Å². The average Bonchev–Trinajstić information content (AvgIpc) is 3.20. The number of carbonyl (C=O) groups excluding carboxylic acids is 1. The number of carboxylic acids is 1. The van der Waals surface area contributed by atoms with E-state index in [2.05, 4.69) is 12.1 Å². The predicted octanol–water partition coefficient (Wildman–Crippen LogP) is 3.38. The summed E-state index contributed by atoms with van der Waals surface area (Å²) in [5.41, 5.74) is 0.282. The van der Waals surface area contributed by atoms with E-state index in [4.69, 9.17) is 0 Å². The van der Waals surface area contributed by atoms with Gasteiger partial charge in [0.1, 0.15) is 0 Å². The number of nitrogens with zero attached hydrogens (tertiary/aromatic N) is 2. The molecular formula is C22H26N2O3. The van der Waals surface area contributed by atoms with Crippen molar-refractivity contribution < 1.29 is 14.7 Å². The van der Waals surface area contributed by atoms with E-state index in [1.807, 2.05) is 47.1 Å². The largest absolute Gasteiger partial charge is 0.481 e. The van der Waals surface area contributed by atoms with Crippen LogP contribution in [0.15, 0.2) is 42.5 Å². The quantitative estimate of drug-likeness (QED) is 0.881. The zero-order valence-corrected chi connectivity index (χ0v) is 15.7. The van der Waals surface area contributed by atoms with Crippen molar-refractivity contribution in [3.63, 3.8) is 0 Å². The lowest BCUT2D eigenvalue weighted by Gasteiger charge is -2.26. The Morgan fingerprint density at radius 2 is 2.00 bits per heavy atom. The first-order chi connectivity index (χ1) is 13.0. The van der Waals surface area contributed by atoms with Crippen molar-refractivity contribution in [1.29, 1.82) is 0 Å². The van der Waals surface area contributed by atoms with Crippen LogP contribution in [0.4, 0.5) is 5.69 Å². The molecule has 0 radical (unpaired) electrons. The summed E-state index contributed by atoms with van der Waals surface area (Å²) in [5.74, 6) is -0.480. The smallest absolute Gasteiger partial charge is 0.311 e. The number of hydrogen-bond donors (Lipinski definition) is 1. The number of carboxylic acid groups (broad SMARTS) is 1. The minimum absolute atomic E-state index is 0.0364. The number of anilines is 1. The highest BCUT2D eigenvalue weighted by Crippen LogP contribution is 2.48. The lowest BCUT2D eigenvalue weighted by Crippen LogP contribution is -2.41. The third kappa shape index (κ3) is 3.00. The van der Waals surface area contributed by atoms with Crippen LogP contribution in [0.3, 0.4) is 0 Å². The van der Waals surface area contributed by atoms with E-state index in [0.717, 1.165) is 35.7 Å². The third-order valence-electron chi connectivity index (χ3n) is 6.40. The van der Waals surface area contributed by atoms with Gasteiger partial charge in [-0.1, -0.05) is 42.8 Å². The normalized spacial score (nSPS) is 24.9. The van der Waals surface area contributed by atoms with E-state index < -0.39 is 11.4 Å². The highest BCUT2D eigenvalue weighted by molar-refractivity contribution is 6.04. The molecular weight excluding hydrogens is 340 g/mol. The van der Waals surface area contributed by atoms with Crippen LogP contribution in [0.25, 0.3) is 10.8 Å². The van der Waals surface area contributed by atoms with E-state index in [1.165, 1.54) is 0 Å². The van der Waals surface area contributed by atoms with Crippen LogP contribution in [0.1, 0.15) is 26.2 Å². The van der Waals surface area contributed by atoms with Gasteiger partial charge in [-0.05, 0) is 37.1 Å². The molecule has 0 aromatic heterocycles. The molecule has 0 spiro atoms. The van der Waals surface area contributed by atoms with E-state index >= 15 is 0 Å². The van der Waals surface area contributed by atoms with E-state index in [9.17, 15) is 14.7 Å². The Bertz CT molecular complexity index is 875. The molecule has 2 atom stereocenters. The molecule has 2 aromatic carbocycles. The number of benzene rings is 2. The Balaban J connectivity index is 1.54. The number of carbonyl (C=O) groups is 2. The van der Waals surface area contributed by atoms with Crippen LogP contribution in [0, 0.1) is 11.3 Å². The number of aliphatic carboxylic acids is 1. The van der Waals surface area contributed by atoms with Gasteiger partial charge in [-0.3, -0.25) is 14.5 Å². The van der Waals surface area contributed by atoms with Crippen molar-refractivity contribution in [2.24, 2.45) is 11.3 Å². The summed E-state index contributed by atoms with van der Waals surface area (Å²) in [6.07, 6.45) is 2.67. The van der Waals surface area contributed by atoms with Gasteiger partial charge in [-0.2, -0.15) is 0 Å². The Labute approximate surface area is 159 Å². The maximum absolute atomic E-state index is 13.1. The highest BCUT2D eigenvalue weighted by Gasteiger charge is 2.54. The maximum atomic E-state index is 13.1. The maximum Gasteiger partial charge on any atom is 0.311 e. The SMILES string of the molecule is CCN(C(=O)CN1C[C@@H]2CCC[C@@]2(C(=O)O)C1)c1cccc2ccccc12. The monoisotopic (exact) mass is 366 g/mol. The van der Waals surface area contributed by atoms with E-state index in [-0.39, 0.29) is 18.4 Å². The third-order valence-corrected chi connectivity index (χ3v) is 6.40. The number of likely N-dealkylation sites (tertiary alicyclic amines) is 1. The summed E-state index contributed by atoms with van der Waals surface area (Å²) in [5, 5.41) is 11.9. The zero-order chi connectivity index (χ0) is 19.0. The highest BCUT2D eigenvalue weighted by atomic mass is 16.4. The molecule has 0 unspecified atom stereocenters. The van der Waals surface area contributed by atoms with Gasteiger partial charge in [0, 0.05) is 25.0 Å². The van der Waals surface area contributed by atoms with Gasteiger partial charge < -0.3 is 10.0 Å².